The first-order valence-electron chi connectivity index (χ1n) is 5.85. The van der Waals surface area contributed by atoms with Crippen molar-refractivity contribution in [1.29, 1.82) is 0 Å². The third-order valence-corrected chi connectivity index (χ3v) is 5.44. The van der Waals surface area contributed by atoms with Crippen molar-refractivity contribution in [3.63, 3.8) is 0 Å². The monoisotopic (exact) mass is 357 g/mol. The largest absolute Gasteiger partial charge is 0.278 e. The first-order chi connectivity index (χ1) is 9.31. The van der Waals surface area contributed by atoms with Gasteiger partial charge in [0.1, 0.15) is 5.82 Å². The minimum absolute atomic E-state index is 0.0640. The smallest absolute Gasteiger partial charge is 0.262 e. The van der Waals surface area contributed by atoms with Gasteiger partial charge >= 0.3 is 0 Å². The summed E-state index contributed by atoms with van der Waals surface area (Å²) in [5.74, 6) is -0.584. The van der Waals surface area contributed by atoms with Crippen LogP contribution in [-0.4, -0.2) is 8.42 Å². The van der Waals surface area contributed by atoms with Crippen LogP contribution >= 0.6 is 15.9 Å². The van der Waals surface area contributed by atoms with Gasteiger partial charge in [-0.3, -0.25) is 4.72 Å². The molecular weight excluding hydrogens is 345 g/mol. The lowest BCUT2D eigenvalue weighted by molar-refractivity contribution is 0.594. The summed E-state index contributed by atoms with van der Waals surface area (Å²) in [6.07, 6.45) is 0. The number of anilines is 1. The van der Waals surface area contributed by atoms with Crippen LogP contribution in [0.5, 0.6) is 0 Å². The summed E-state index contributed by atoms with van der Waals surface area (Å²) in [5.41, 5.74) is 1.82. The SMILES string of the molecule is Cc1ccc(F)cc1S(=O)(=O)Nc1cccc(C)c1Br. The summed E-state index contributed by atoms with van der Waals surface area (Å²) in [6, 6.07) is 8.93. The van der Waals surface area contributed by atoms with E-state index in [2.05, 4.69) is 20.7 Å². The predicted molar refractivity (Wildman–Crippen MR) is 80.8 cm³/mol. The molecule has 0 spiro atoms. The fraction of sp³-hybridized carbons (Fsp3) is 0.143. The van der Waals surface area contributed by atoms with Gasteiger partial charge in [0.2, 0.25) is 0 Å². The van der Waals surface area contributed by atoms with E-state index in [1.165, 1.54) is 12.1 Å². The second-order valence-corrected chi connectivity index (χ2v) is 6.90. The van der Waals surface area contributed by atoms with Crippen LogP contribution in [0.3, 0.4) is 0 Å². The molecular formula is C14H13BrFNO2S. The molecule has 1 N–H and O–H groups in total. The molecule has 0 unspecified atom stereocenters. The summed E-state index contributed by atoms with van der Waals surface area (Å²) in [7, 11) is -3.83. The minimum Gasteiger partial charge on any atom is -0.278 e. The van der Waals surface area contributed by atoms with E-state index in [0.717, 1.165) is 11.6 Å². The summed E-state index contributed by atoms with van der Waals surface area (Å²) in [5, 5.41) is 0. The molecule has 0 atom stereocenters. The fourth-order valence-corrected chi connectivity index (χ4v) is 3.61. The van der Waals surface area contributed by atoms with Gasteiger partial charge in [-0.05, 0) is 59.1 Å². The highest BCUT2D eigenvalue weighted by molar-refractivity contribution is 9.10. The molecule has 0 aliphatic carbocycles. The second kappa shape index (κ2) is 5.54. The highest BCUT2D eigenvalue weighted by Crippen LogP contribution is 2.28. The molecule has 0 heterocycles. The maximum Gasteiger partial charge on any atom is 0.262 e. The number of rotatable bonds is 3. The van der Waals surface area contributed by atoms with E-state index in [4.69, 9.17) is 0 Å². The summed E-state index contributed by atoms with van der Waals surface area (Å²) < 4.78 is 41.1. The Morgan fingerprint density at radius 3 is 2.50 bits per heavy atom. The highest BCUT2D eigenvalue weighted by Gasteiger charge is 2.19. The Kier molecular flexibility index (Phi) is 4.15. The van der Waals surface area contributed by atoms with Crippen molar-refractivity contribution in [3.05, 3.63) is 57.8 Å². The van der Waals surface area contributed by atoms with E-state index in [1.54, 1.807) is 19.1 Å². The van der Waals surface area contributed by atoms with Crippen LogP contribution in [0.1, 0.15) is 11.1 Å². The Hall–Kier alpha value is -1.40. The van der Waals surface area contributed by atoms with E-state index in [1.807, 2.05) is 13.0 Å². The number of nitrogens with one attached hydrogen (secondary N) is 1. The van der Waals surface area contributed by atoms with Crippen molar-refractivity contribution in [2.24, 2.45) is 0 Å². The molecule has 6 heteroatoms. The van der Waals surface area contributed by atoms with Crippen molar-refractivity contribution < 1.29 is 12.8 Å². The normalized spacial score (nSPS) is 11.4. The zero-order chi connectivity index (χ0) is 14.9. The van der Waals surface area contributed by atoms with Gasteiger partial charge in [-0.1, -0.05) is 18.2 Å². The van der Waals surface area contributed by atoms with E-state index in [-0.39, 0.29) is 4.90 Å². The third kappa shape index (κ3) is 3.02. The van der Waals surface area contributed by atoms with Crippen molar-refractivity contribution in [3.8, 4) is 0 Å². The maximum absolute atomic E-state index is 13.3. The standard InChI is InChI=1S/C14H13BrFNO2S/c1-9-6-7-11(16)8-13(9)20(18,19)17-12-5-3-4-10(2)14(12)15/h3-8,17H,1-2H3. The average molecular weight is 358 g/mol. The molecule has 2 aromatic carbocycles. The topological polar surface area (TPSA) is 46.2 Å². The van der Waals surface area contributed by atoms with E-state index < -0.39 is 15.8 Å². The van der Waals surface area contributed by atoms with Gasteiger partial charge < -0.3 is 0 Å². The van der Waals surface area contributed by atoms with Gasteiger partial charge in [-0.15, -0.1) is 0 Å². The highest BCUT2D eigenvalue weighted by atomic mass is 79.9. The first kappa shape index (κ1) is 15.0. The molecule has 106 valence electrons. The molecule has 0 saturated heterocycles. The minimum atomic E-state index is -3.83. The summed E-state index contributed by atoms with van der Waals surface area (Å²) in [6.45, 7) is 3.48. The molecule has 0 bridgehead atoms. The Morgan fingerprint density at radius 2 is 1.80 bits per heavy atom. The van der Waals surface area contributed by atoms with Crippen molar-refractivity contribution in [2.45, 2.75) is 18.7 Å². The number of halogens is 2. The predicted octanol–water partition coefficient (Wildman–Crippen LogP) is 4.01. The molecule has 0 radical (unpaired) electrons. The second-order valence-electron chi connectivity index (χ2n) is 4.45. The van der Waals surface area contributed by atoms with E-state index >= 15 is 0 Å². The van der Waals surface area contributed by atoms with Crippen LogP contribution in [-0.2, 0) is 10.0 Å². The van der Waals surface area contributed by atoms with Gasteiger partial charge in [0, 0.05) is 4.47 Å². The van der Waals surface area contributed by atoms with Crippen LogP contribution in [0.25, 0.3) is 0 Å². The summed E-state index contributed by atoms with van der Waals surface area (Å²) in [4.78, 5) is -0.0640. The van der Waals surface area contributed by atoms with Crippen molar-refractivity contribution >= 4 is 31.6 Å². The molecule has 0 fully saturated rings. The van der Waals surface area contributed by atoms with Crippen LogP contribution in [0, 0.1) is 19.7 Å². The lowest BCUT2D eigenvalue weighted by Gasteiger charge is -2.12. The number of sulfonamides is 1. The van der Waals surface area contributed by atoms with Crippen LogP contribution in [0.2, 0.25) is 0 Å². The van der Waals surface area contributed by atoms with Crippen molar-refractivity contribution in [2.75, 3.05) is 4.72 Å². The maximum atomic E-state index is 13.3. The Bertz CT molecular complexity index is 760. The van der Waals surface area contributed by atoms with Gasteiger partial charge in [-0.2, -0.15) is 0 Å². The van der Waals surface area contributed by atoms with Crippen molar-refractivity contribution in [1.82, 2.24) is 0 Å². The first-order valence-corrected chi connectivity index (χ1v) is 8.13. The Labute approximate surface area is 126 Å². The zero-order valence-corrected chi connectivity index (χ0v) is 13.3. The molecule has 0 aliphatic heterocycles. The Morgan fingerprint density at radius 1 is 1.10 bits per heavy atom. The van der Waals surface area contributed by atoms with Gasteiger partial charge in [-0.25, -0.2) is 12.8 Å². The van der Waals surface area contributed by atoms with Gasteiger partial charge in [0.15, 0.2) is 0 Å². The summed E-state index contributed by atoms with van der Waals surface area (Å²) >= 11 is 3.34. The molecule has 0 aliphatic rings. The van der Waals surface area contributed by atoms with Gasteiger partial charge in [0.05, 0.1) is 10.6 Å². The third-order valence-electron chi connectivity index (χ3n) is 2.88. The molecule has 2 aromatic rings. The average Bonchev–Trinajstić information content (AvgIpc) is 2.37. The number of hydrogen-bond donors (Lipinski definition) is 1. The number of benzene rings is 2. The lowest BCUT2D eigenvalue weighted by Crippen LogP contribution is -2.15. The van der Waals surface area contributed by atoms with Gasteiger partial charge in [0.25, 0.3) is 10.0 Å². The molecule has 0 amide bonds. The molecule has 0 saturated carbocycles. The number of hydrogen-bond acceptors (Lipinski definition) is 2. The molecule has 20 heavy (non-hydrogen) atoms. The zero-order valence-electron chi connectivity index (χ0n) is 10.9. The number of aryl methyl sites for hydroxylation is 2. The van der Waals surface area contributed by atoms with Crippen LogP contribution in [0.15, 0.2) is 45.8 Å². The Balaban J connectivity index is 2.46. The van der Waals surface area contributed by atoms with Crippen LogP contribution < -0.4 is 4.72 Å². The van der Waals surface area contributed by atoms with Crippen LogP contribution in [0.4, 0.5) is 10.1 Å². The van der Waals surface area contributed by atoms with E-state index in [0.29, 0.717) is 15.7 Å². The fourth-order valence-electron chi connectivity index (χ4n) is 1.79. The lowest BCUT2D eigenvalue weighted by atomic mass is 10.2. The molecule has 2 rings (SSSR count). The van der Waals surface area contributed by atoms with E-state index in [9.17, 15) is 12.8 Å². The molecule has 0 aromatic heterocycles. The quantitative estimate of drug-likeness (QED) is 0.901. The molecule has 3 nitrogen and oxygen atoms in total.